The minimum atomic E-state index is -0.384. The maximum Gasteiger partial charge on any atom is 0.213 e. The first kappa shape index (κ1) is 12.1. The van der Waals surface area contributed by atoms with Crippen molar-refractivity contribution in [1.29, 1.82) is 0 Å². The Morgan fingerprint density at radius 3 is 2.59 bits per heavy atom. The Hall–Kier alpha value is -1.40. The highest BCUT2D eigenvalue weighted by Gasteiger charge is 2.07. The molecule has 0 aliphatic heterocycles. The SMILES string of the molecule is CC[C@@H](O)c1ccc(Sc2nnnn2C)cc1. The summed E-state index contributed by atoms with van der Waals surface area (Å²) < 4.78 is 1.62. The first-order valence-electron chi connectivity index (χ1n) is 5.39. The number of hydrogen-bond donors (Lipinski definition) is 1. The molecule has 0 unspecified atom stereocenters. The zero-order valence-electron chi connectivity index (χ0n) is 9.74. The zero-order valence-corrected chi connectivity index (χ0v) is 10.6. The molecule has 0 bridgehead atoms. The van der Waals surface area contributed by atoms with Gasteiger partial charge in [-0.05, 0) is 46.3 Å². The summed E-state index contributed by atoms with van der Waals surface area (Å²) in [5.74, 6) is 0. The predicted molar refractivity (Wildman–Crippen MR) is 64.6 cm³/mol. The van der Waals surface area contributed by atoms with Crippen LogP contribution in [0.3, 0.4) is 0 Å². The molecule has 5 nitrogen and oxygen atoms in total. The van der Waals surface area contributed by atoms with Gasteiger partial charge in [-0.3, -0.25) is 0 Å². The number of nitrogens with zero attached hydrogens (tertiary/aromatic N) is 4. The average molecular weight is 250 g/mol. The Balaban J connectivity index is 2.11. The molecule has 0 fully saturated rings. The zero-order chi connectivity index (χ0) is 12.3. The van der Waals surface area contributed by atoms with Crippen molar-refractivity contribution in [3.05, 3.63) is 29.8 Å². The normalized spacial score (nSPS) is 12.6. The van der Waals surface area contributed by atoms with Gasteiger partial charge in [0.25, 0.3) is 0 Å². The fraction of sp³-hybridized carbons (Fsp3) is 0.364. The Bertz CT molecular complexity index is 482. The lowest BCUT2D eigenvalue weighted by molar-refractivity contribution is 0.173. The van der Waals surface area contributed by atoms with Crippen LogP contribution >= 0.6 is 11.8 Å². The van der Waals surface area contributed by atoms with E-state index in [0.717, 1.165) is 22.0 Å². The highest BCUT2D eigenvalue weighted by atomic mass is 32.2. The van der Waals surface area contributed by atoms with Crippen LogP contribution in [0, 0.1) is 0 Å². The summed E-state index contributed by atoms with van der Waals surface area (Å²) in [7, 11) is 1.80. The molecule has 0 saturated carbocycles. The molecule has 0 radical (unpaired) electrons. The summed E-state index contributed by atoms with van der Waals surface area (Å²) in [6.45, 7) is 1.96. The largest absolute Gasteiger partial charge is 0.388 e. The summed E-state index contributed by atoms with van der Waals surface area (Å²) in [4.78, 5) is 1.05. The van der Waals surface area contributed by atoms with Crippen molar-refractivity contribution in [1.82, 2.24) is 20.2 Å². The van der Waals surface area contributed by atoms with Gasteiger partial charge in [-0.1, -0.05) is 19.1 Å². The number of aliphatic hydroxyl groups is 1. The van der Waals surface area contributed by atoms with Crippen molar-refractivity contribution in [2.75, 3.05) is 0 Å². The van der Waals surface area contributed by atoms with E-state index < -0.39 is 0 Å². The van der Waals surface area contributed by atoms with Crippen LogP contribution in [-0.2, 0) is 7.05 Å². The summed E-state index contributed by atoms with van der Waals surface area (Å²) >= 11 is 1.49. The third-order valence-electron chi connectivity index (χ3n) is 2.44. The van der Waals surface area contributed by atoms with Gasteiger partial charge in [0.1, 0.15) is 0 Å². The van der Waals surface area contributed by atoms with E-state index in [9.17, 15) is 5.11 Å². The maximum absolute atomic E-state index is 9.68. The van der Waals surface area contributed by atoms with Gasteiger partial charge >= 0.3 is 0 Å². The van der Waals surface area contributed by atoms with Crippen LogP contribution in [0.2, 0.25) is 0 Å². The summed E-state index contributed by atoms with van der Waals surface area (Å²) in [6, 6.07) is 7.79. The molecule has 1 aromatic heterocycles. The summed E-state index contributed by atoms with van der Waals surface area (Å²) in [5.41, 5.74) is 0.938. The minimum absolute atomic E-state index is 0.384. The second-order valence-electron chi connectivity index (χ2n) is 3.68. The number of tetrazole rings is 1. The smallest absolute Gasteiger partial charge is 0.213 e. The standard InChI is InChI=1S/C11H14N4OS/c1-3-10(16)8-4-6-9(7-5-8)17-11-12-13-14-15(11)2/h4-7,10,16H,3H2,1-2H3/t10-/m1/s1. The highest BCUT2D eigenvalue weighted by Crippen LogP contribution is 2.26. The van der Waals surface area contributed by atoms with Crippen LogP contribution in [0.4, 0.5) is 0 Å². The van der Waals surface area contributed by atoms with Crippen molar-refractivity contribution in [3.8, 4) is 0 Å². The lowest BCUT2D eigenvalue weighted by atomic mass is 10.1. The number of benzene rings is 1. The number of aryl methyl sites for hydroxylation is 1. The summed E-state index contributed by atoms with van der Waals surface area (Å²) in [5, 5.41) is 21.7. The molecule has 0 amide bonds. The number of aromatic nitrogens is 4. The van der Waals surface area contributed by atoms with Crippen molar-refractivity contribution in [2.24, 2.45) is 7.05 Å². The van der Waals surface area contributed by atoms with Gasteiger partial charge in [0.05, 0.1) is 6.10 Å². The molecule has 0 spiro atoms. The van der Waals surface area contributed by atoms with Gasteiger partial charge in [-0.25, -0.2) is 4.68 Å². The molecule has 90 valence electrons. The van der Waals surface area contributed by atoms with E-state index in [-0.39, 0.29) is 6.10 Å². The van der Waals surface area contributed by atoms with Crippen molar-refractivity contribution in [3.63, 3.8) is 0 Å². The predicted octanol–water partition coefficient (Wildman–Crippen LogP) is 1.80. The fourth-order valence-electron chi connectivity index (χ4n) is 1.41. The monoisotopic (exact) mass is 250 g/mol. The second kappa shape index (κ2) is 5.29. The third-order valence-corrected chi connectivity index (χ3v) is 3.48. The van der Waals surface area contributed by atoms with Gasteiger partial charge < -0.3 is 5.11 Å². The molecule has 1 N–H and O–H groups in total. The van der Waals surface area contributed by atoms with Crippen LogP contribution in [0.25, 0.3) is 0 Å². The van der Waals surface area contributed by atoms with E-state index in [2.05, 4.69) is 15.5 Å². The van der Waals surface area contributed by atoms with Gasteiger partial charge in [-0.15, -0.1) is 5.10 Å². The molecular formula is C11H14N4OS. The van der Waals surface area contributed by atoms with Crippen molar-refractivity contribution >= 4 is 11.8 Å². The molecule has 6 heteroatoms. The molecule has 1 heterocycles. The molecule has 0 aliphatic carbocycles. The average Bonchev–Trinajstić information content (AvgIpc) is 2.75. The third kappa shape index (κ3) is 2.83. The fourth-order valence-corrected chi connectivity index (χ4v) is 2.14. The van der Waals surface area contributed by atoms with E-state index in [4.69, 9.17) is 0 Å². The Morgan fingerprint density at radius 2 is 2.06 bits per heavy atom. The molecular weight excluding hydrogens is 236 g/mol. The molecule has 1 aromatic carbocycles. The van der Waals surface area contributed by atoms with Crippen LogP contribution < -0.4 is 0 Å². The number of rotatable bonds is 4. The highest BCUT2D eigenvalue weighted by molar-refractivity contribution is 7.99. The van der Waals surface area contributed by atoms with Crippen molar-refractivity contribution in [2.45, 2.75) is 29.5 Å². The summed E-state index contributed by atoms with van der Waals surface area (Å²) in [6.07, 6.45) is 0.338. The van der Waals surface area contributed by atoms with E-state index in [0.29, 0.717) is 0 Å². The quantitative estimate of drug-likeness (QED) is 0.896. The van der Waals surface area contributed by atoms with Gasteiger partial charge in [-0.2, -0.15) is 0 Å². The number of aliphatic hydroxyl groups excluding tert-OH is 1. The maximum atomic E-state index is 9.68. The second-order valence-corrected chi connectivity index (χ2v) is 4.72. The topological polar surface area (TPSA) is 63.8 Å². The van der Waals surface area contributed by atoms with Crippen LogP contribution in [0.1, 0.15) is 25.0 Å². The van der Waals surface area contributed by atoms with E-state index in [1.165, 1.54) is 11.8 Å². The molecule has 2 aromatic rings. The van der Waals surface area contributed by atoms with E-state index >= 15 is 0 Å². The Kier molecular flexibility index (Phi) is 3.75. The number of hydrogen-bond acceptors (Lipinski definition) is 5. The Morgan fingerprint density at radius 1 is 1.35 bits per heavy atom. The van der Waals surface area contributed by atoms with Gasteiger partial charge in [0.2, 0.25) is 5.16 Å². The first-order chi connectivity index (χ1) is 8.20. The molecule has 1 atom stereocenters. The van der Waals surface area contributed by atoms with Crippen molar-refractivity contribution < 1.29 is 5.11 Å². The molecule has 17 heavy (non-hydrogen) atoms. The lowest BCUT2D eigenvalue weighted by Gasteiger charge is -2.08. The van der Waals surface area contributed by atoms with Crippen LogP contribution in [0.5, 0.6) is 0 Å². The van der Waals surface area contributed by atoms with Crippen LogP contribution in [0.15, 0.2) is 34.3 Å². The lowest BCUT2D eigenvalue weighted by Crippen LogP contribution is -1.95. The minimum Gasteiger partial charge on any atom is -0.388 e. The van der Waals surface area contributed by atoms with Gasteiger partial charge in [0.15, 0.2) is 0 Å². The Labute approximate surface area is 104 Å². The van der Waals surface area contributed by atoms with E-state index in [1.54, 1.807) is 11.7 Å². The molecule has 0 aliphatic rings. The molecule has 2 rings (SSSR count). The van der Waals surface area contributed by atoms with Crippen LogP contribution in [-0.4, -0.2) is 25.3 Å². The molecule has 0 saturated heterocycles. The van der Waals surface area contributed by atoms with Gasteiger partial charge in [0, 0.05) is 11.9 Å². The first-order valence-corrected chi connectivity index (χ1v) is 6.20. The van der Waals surface area contributed by atoms with E-state index in [1.807, 2.05) is 31.2 Å².